The predicted molar refractivity (Wildman–Crippen MR) is 85.2 cm³/mol. The van der Waals surface area contributed by atoms with Gasteiger partial charge in [-0.3, -0.25) is 0 Å². The van der Waals surface area contributed by atoms with E-state index in [1.807, 2.05) is 0 Å². The first-order valence-corrected chi connectivity index (χ1v) is 8.05. The molecule has 2 nitrogen and oxygen atoms in total. The minimum absolute atomic E-state index is 0.234. The Labute approximate surface area is 123 Å². The molecule has 0 spiro atoms. The third-order valence-corrected chi connectivity index (χ3v) is 4.44. The van der Waals surface area contributed by atoms with E-state index in [1.54, 1.807) is 0 Å². The molecule has 1 aromatic rings. The van der Waals surface area contributed by atoms with Gasteiger partial charge in [0.1, 0.15) is 5.75 Å². The number of hydrogen-bond acceptors (Lipinski definition) is 2. The van der Waals surface area contributed by atoms with Crippen molar-refractivity contribution < 1.29 is 4.74 Å². The Morgan fingerprint density at radius 2 is 1.75 bits per heavy atom. The van der Waals surface area contributed by atoms with Gasteiger partial charge in [-0.05, 0) is 56.3 Å². The first kappa shape index (κ1) is 15.4. The number of hydrogen-bond donors (Lipinski definition) is 1. The Kier molecular flexibility index (Phi) is 5.09. The van der Waals surface area contributed by atoms with Crippen LogP contribution in [0.25, 0.3) is 0 Å². The summed E-state index contributed by atoms with van der Waals surface area (Å²) in [5.74, 6) is 0.968. The molecule has 0 radical (unpaired) electrons. The van der Waals surface area contributed by atoms with Crippen LogP contribution in [0.5, 0.6) is 5.75 Å². The van der Waals surface area contributed by atoms with Crippen LogP contribution in [0.15, 0.2) is 24.3 Å². The Hall–Kier alpha value is -1.02. The smallest absolute Gasteiger partial charge is 0.119 e. The van der Waals surface area contributed by atoms with Crippen molar-refractivity contribution in [1.82, 2.24) is 5.32 Å². The van der Waals surface area contributed by atoms with Gasteiger partial charge >= 0.3 is 0 Å². The van der Waals surface area contributed by atoms with Crippen molar-refractivity contribution in [2.45, 2.75) is 65.5 Å². The zero-order chi connectivity index (χ0) is 14.6. The standard InChI is InChI=1S/C18H29NO/c1-5-19-17(18(4)12-6-7-13-18)15-8-10-16(11-9-15)20-14(2)3/h8-11,14,17,19H,5-7,12-13H2,1-4H3. The van der Waals surface area contributed by atoms with Crippen LogP contribution in [-0.4, -0.2) is 12.6 Å². The molecule has 1 saturated carbocycles. The zero-order valence-electron chi connectivity index (χ0n) is 13.4. The molecule has 1 aliphatic carbocycles. The highest BCUT2D eigenvalue weighted by atomic mass is 16.5. The maximum absolute atomic E-state index is 5.74. The lowest BCUT2D eigenvalue weighted by Gasteiger charge is -2.35. The lowest BCUT2D eigenvalue weighted by Crippen LogP contribution is -2.34. The molecule has 0 bridgehead atoms. The van der Waals surface area contributed by atoms with E-state index in [1.165, 1.54) is 31.2 Å². The molecule has 2 heteroatoms. The maximum atomic E-state index is 5.74. The molecule has 1 aliphatic rings. The molecule has 1 unspecified atom stereocenters. The summed E-state index contributed by atoms with van der Waals surface area (Å²) < 4.78 is 5.74. The molecule has 0 aliphatic heterocycles. The van der Waals surface area contributed by atoms with Crippen LogP contribution in [0.4, 0.5) is 0 Å². The molecule has 20 heavy (non-hydrogen) atoms. The second-order valence-electron chi connectivity index (χ2n) is 6.59. The van der Waals surface area contributed by atoms with E-state index in [0.29, 0.717) is 11.5 Å². The van der Waals surface area contributed by atoms with Gasteiger partial charge in [0, 0.05) is 6.04 Å². The van der Waals surface area contributed by atoms with Crippen LogP contribution in [0.1, 0.15) is 65.0 Å². The van der Waals surface area contributed by atoms with Crippen molar-refractivity contribution >= 4 is 0 Å². The molecule has 0 amide bonds. The SMILES string of the molecule is CCNC(c1ccc(OC(C)C)cc1)C1(C)CCCC1. The Morgan fingerprint density at radius 1 is 1.15 bits per heavy atom. The van der Waals surface area contributed by atoms with Gasteiger partial charge < -0.3 is 10.1 Å². The maximum Gasteiger partial charge on any atom is 0.119 e. The minimum atomic E-state index is 0.234. The predicted octanol–water partition coefficient (Wildman–Crippen LogP) is 4.70. The Balaban J connectivity index is 2.16. The molecule has 112 valence electrons. The van der Waals surface area contributed by atoms with Crippen molar-refractivity contribution in [2.75, 3.05) is 6.54 Å². The van der Waals surface area contributed by atoms with Gasteiger partial charge in [0.25, 0.3) is 0 Å². The second kappa shape index (κ2) is 6.62. The fourth-order valence-corrected chi connectivity index (χ4v) is 3.45. The summed E-state index contributed by atoms with van der Waals surface area (Å²) in [6.45, 7) is 9.78. The highest BCUT2D eigenvalue weighted by molar-refractivity contribution is 5.30. The van der Waals surface area contributed by atoms with Gasteiger partial charge in [-0.15, -0.1) is 0 Å². The van der Waals surface area contributed by atoms with Gasteiger partial charge in [-0.1, -0.05) is 38.8 Å². The lowest BCUT2D eigenvalue weighted by molar-refractivity contribution is 0.225. The van der Waals surface area contributed by atoms with Crippen LogP contribution in [-0.2, 0) is 0 Å². The van der Waals surface area contributed by atoms with Gasteiger partial charge in [0.15, 0.2) is 0 Å². The van der Waals surface area contributed by atoms with Gasteiger partial charge in [0.2, 0.25) is 0 Å². The summed E-state index contributed by atoms with van der Waals surface area (Å²) in [7, 11) is 0. The van der Waals surface area contributed by atoms with E-state index in [9.17, 15) is 0 Å². The third kappa shape index (κ3) is 3.54. The molecule has 1 aromatic carbocycles. The Morgan fingerprint density at radius 3 is 2.25 bits per heavy atom. The van der Waals surface area contributed by atoms with Crippen molar-refractivity contribution in [2.24, 2.45) is 5.41 Å². The van der Waals surface area contributed by atoms with Crippen LogP contribution < -0.4 is 10.1 Å². The fourth-order valence-electron chi connectivity index (χ4n) is 3.45. The summed E-state index contributed by atoms with van der Waals surface area (Å²) in [4.78, 5) is 0. The minimum Gasteiger partial charge on any atom is -0.491 e. The molecule has 0 heterocycles. The summed E-state index contributed by atoms with van der Waals surface area (Å²) in [5, 5.41) is 3.70. The number of benzene rings is 1. The average Bonchev–Trinajstić information content (AvgIpc) is 2.84. The molecule has 0 saturated heterocycles. The summed E-state index contributed by atoms with van der Waals surface area (Å²) in [6, 6.07) is 9.14. The van der Waals surface area contributed by atoms with Gasteiger partial charge in [0.05, 0.1) is 6.10 Å². The molecule has 1 fully saturated rings. The van der Waals surface area contributed by atoms with E-state index in [0.717, 1.165) is 12.3 Å². The topological polar surface area (TPSA) is 21.3 Å². The monoisotopic (exact) mass is 275 g/mol. The first-order valence-electron chi connectivity index (χ1n) is 8.05. The molecule has 1 atom stereocenters. The molecule has 0 aromatic heterocycles. The summed E-state index contributed by atoms with van der Waals surface area (Å²) >= 11 is 0. The van der Waals surface area contributed by atoms with E-state index < -0.39 is 0 Å². The van der Waals surface area contributed by atoms with Crippen LogP contribution in [0, 0.1) is 5.41 Å². The van der Waals surface area contributed by atoms with Gasteiger partial charge in [-0.2, -0.15) is 0 Å². The first-order chi connectivity index (χ1) is 9.55. The van der Waals surface area contributed by atoms with Crippen LogP contribution >= 0.6 is 0 Å². The number of rotatable bonds is 6. The van der Waals surface area contributed by atoms with E-state index in [-0.39, 0.29) is 6.10 Å². The van der Waals surface area contributed by atoms with Crippen molar-refractivity contribution in [3.8, 4) is 5.75 Å². The average molecular weight is 275 g/mol. The van der Waals surface area contributed by atoms with Crippen LogP contribution in [0.3, 0.4) is 0 Å². The normalized spacial score (nSPS) is 19.2. The van der Waals surface area contributed by atoms with E-state index in [4.69, 9.17) is 4.74 Å². The number of ether oxygens (including phenoxy) is 1. The number of nitrogens with one attached hydrogen (secondary N) is 1. The van der Waals surface area contributed by atoms with Crippen molar-refractivity contribution in [3.63, 3.8) is 0 Å². The largest absolute Gasteiger partial charge is 0.491 e. The van der Waals surface area contributed by atoms with Crippen LogP contribution in [0.2, 0.25) is 0 Å². The Bertz CT molecular complexity index is 404. The molecular formula is C18H29NO. The van der Waals surface area contributed by atoms with E-state index >= 15 is 0 Å². The summed E-state index contributed by atoms with van der Waals surface area (Å²) in [6.07, 6.45) is 5.63. The highest BCUT2D eigenvalue weighted by Gasteiger charge is 2.37. The summed E-state index contributed by atoms with van der Waals surface area (Å²) in [5.41, 5.74) is 1.79. The van der Waals surface area contributed by atoms with Crippen molar-refractivity contribution in [1.29, 1.82) is 0 Å². The lowest BCUT2D eigenvalue weighted by atomic mass is 9.77. The molecule has 1 N–H and O–H groups in total. The molecular weight excluding hydrogens is 246 g/mol. The van der Waals surface area contributed by atoms with E-state index in [2.05, 4.69) is 57.3 Å². The third-order valence-electron chi connectivity index (χ3n) is 4.44. The van der Waals surface area contributed by atoms with Crippen molar-refractivity contribution in [3.05, 3.63) is 29.8 Å². The van der Waals surface area contributed by atoms with Gasteiger partial charge in [-0.25, -0.2) is 0 Å². The zero-order valence-corrected chi connectivity index (χ0v) is 13.4. The second-order valence-corrected chi connectivity index (χ2v) is 6.59. The molecule has 2 rings (SSSR count). The quantitative estimate of drug-likeness (QED) is 0.812. The fraction of sp³-hybridized carbons (Fsp3) is 0.667. The highest BCUT2D eigenvalue weighted by Crippen LogP contribution is 2.47.